The Bertz CT molecular complexity index is 735. The van der Waals surface area contributed by atoms with Crippen LogP contribution in [0.2, 0.25) is 5.02 Å². The van der Waals surface area contributed by atoms with Crippen molar-refractivity contribution < 1.29 is 19.4 Å². The van der Waals surface area contributed by atoms with Crippen LogP contribution >= 0.6 is 11.6 Å². The van der Waals surface area contributed by atoms with Gasteiger partial charge < -0.3 is 14.6 Å². The van der Waals surface area contributed by atoms with Crippen molar-refractivity contribution in [1.82, 2.24) is 4.90 Å². The molecule has 2 aromatic carbocycles. The number of morpholine rings is 1. The van der Waals surface area contributed by atoms with E-state index in [0.717, 1.165) is 23.4 Å². The number of carboxylic acids is 1. The molecule has 1 aliphatic heterocycles. The van der Waals surface area contributed by atoms with Crippen LogP contribution in [0, 0.1) is 0 Å². The highest BCUT2D eigenvalue weighted by Crippen LogP contribution is 2.25. The molecule has 1 aliphatic rings. The zero-order valence-corrected chi connectivity index (χ0v) is 15.2. The number of hydrogen-bond donors (Lipinski definition) is 1. The molecule has 138 valence electrons. The zero-order valence-electron chi connectivity index (χ0n) is 14.4. The van der Waals surface area contributed by atoms with Gasteiger partial charge in [-0.2, -0.15) is 0 Å². The molecule has 2 aromatic rings. The van der Waals surface area contributed by atoms with E-state index in [0.29, 0.717) is 31.3 Å². The standard InChI is InChI=1S/C20H22ClNO4/c21-17-3-1-2-15(12-17)14-26-18-6-4-16(5-7-18)19-13-22(10-11-25-19)9-8-20(23)24/h1-7,12,19H,8-11,13-14H2,(H,23,24)/t19-/m1/s1. The summed E-state index contributed by atoms with van der Waals surface area (Å²) in [5.41, 5.74) is 2.09. The fourth-order valence-electron chi connectivity index (χ4n) is 2.93. The first-order valence-corrected chi connectivity index (χ1v) is 9.01. The van der Waals surface area contributed by atoms with Crippen molar-refractivity contribution in [3.05, 3.63) is 64.7 Å². The van der Waals surface area contributed by atoms with Crippen LogP contribution in [0.1, 0.15) is 23.7 Å². The van der Waals surface area contributed by atoms with Gasteiger partial charge in [-0.15, -0.1) is 0 Å². The van der Waals surface area contributed by atoms with Crippen LogP contribution in [-0.4, -0.2) is 42.2 Å². The molecule has 0 aromatic heterocycles. The van der Waals surface area contributed by atoms with Gasteiger partial charge in [0.1, 0.15) is 12.4 Å². The smallest absolute Gasteiger partial charge is 0.304 e. The first-order chi connectivity index (χ1) is 12.6. The molecular formula is C20H22ClNO4. The molecule has 5 nitrogen and oxygen atoms in total. The van der Waals surface area contributed by atoms with E-state index in [4.69, 9.17) is 26.2 Å². The molecular weight excluding hydrogens is 354 g/mol. The molecule has 0 bridgehead atoms. The predicted octanol–water partition coefficient (Wildman–Crippen LogP) is 3.77. The minimum atomic E-state index is -0.769. The minimum absolute atomic E-state index is 0.0421. The van der Waals surface area contributed by atoms with E-state index >= 15 is 0 Å². The highest BCUT2D eigenvalue weighted by molar-refractivity contribution is 6.30. The van der Waals surface area contributed by atoms with E-state index in [1.165, 1.54) is 0 Å². The monoisotopic (exact) mass is 375 g/mol. The zero-order chi connectivity index (χ0) is 18.4. The highest BCUT2D eigenvalue weighted by atomic mass is 35.5. The van der Waals surface area contributed by atoms with E-state index in [9.17, 15) is 4.79 Å². The van der Waals surface area contributed by atoms with Crippen LogP contribution in [0.4, 0.5) is 0 Å². The number of rotatable bonds is 7. The van der Waals surface area contributed by atoms with Crippen molar-refractivity contribution in [2.45, 2.75) is 19.1 Å². The third-order valence-electron chi connectivity index (χ3n) is 4.34. The van der Waals surface area contributed by atoms with Gasteiger partial charge in [0.2, 0.25) is 0 Å². The van der Waals surface area contributed by atoms with Crippen LogP contribution in [0.3, 0.4) is 0 Å². The second kappa shape index (κ2) is 9.03. The Morgan fingerprint density at radius 3 is 2.81 bits per heavy atom. The van der Waals surface area contributed by atoms with Gasteiger partial charge in [0.15, 0.2) is 0 Å². The van der Waals surface area contributed by atoms with Crippen LogP contribution in [0.5, 0.6) is 5.75 Å². The molecule has 1 heterocycles. The molecule has 0 spiro atoms. The van der Waals surface area contributed by atoms with E-state index in [1.54, 1.807) is 0 Å². The maximum absolute atomic E-state index is 10.7. The Morgan fingerprint density at radius 2 is 2.08 bits per heavy atom. The second-order valence-electron chi connectivity index (χ2n) is 6.29. The fraction of sp³-hybridized carbons (Fsp3) is 0.350. The lowest BCUT2D eigenvalue weighted by atomic mass is 10.1. The van der Waals surface area contributed by atoms with Gasteiger partial charge in [-0.1, -0.05) is 35.9 Å². The van der Waals surface area contributed by atoms with Gasteiger partial charge in [0, 0.05) is 24.7 Å². The summed E-state index contributed by atoms with van der Waals surface area (Å²) in [5.74, 6) is 0.0153. The van der Waals surface area contributed by atoms with Crippen molar-refractivity contribution >= 4 is 17.6 Å². The molecule has 0 saturated carbocycles. The Morgan fingerprint density at radius 1 is 1.27 bits per heavy atom. The maximum Gasteiger partial charge on any atom is 0.304 e. The van der Waals surface area contributed by atoms with E-state index in [2.05, 4.69) is 4.90 Å². The number of nitrogens with zero attached hydrogens (tertiary/aromatic N) is 1. The minimum Gasteiger partial charge on any atom is -0.489 e. The van der Waals surface area contributed by atoms with Gasteiger partial charge in [0.05, 0.1) is 19.1 Å². The molecule has 6 heteroatoms. The molecule has 1 N–H and O–H groups in total. The Balaban J connectivity index is 1.54. The molecule has 26 heavy (non-hydrogen) atoms. The second-order valence-corrected chi connectivity index (χ2v) is 6.73. The summed E-state index contributed by atoms with van der Waals surface area (Å²) in [4.78, 5) is 12.9. The maximum atomic E-state index is 10.7. The van der Waals surface area contributed by atoms with Crippen LogP contribution in [0.15, 0.2) is 48.5 Å². The molecule has 0 amide bonds. The molecule has 0 radical (unpaired) electrons. The van der Waals surface area contributed by atoms with Crippen molar-refractivity contribution in [2.75, 3.05) is 26.2 Å². The number of ether oxygens (including phenoxy) is 2. The average Bonchev–Trinajstić information content (AvgIpc) is 2.65. The number of halogens is 1. The Hall–Kier alpha value is -2.08. The first kappa shape index (κ1) is 18.7. The summed E-state index contributed by atoms with van der Waals surface area (Å²) in [5, 5.41) is 9.52. The summed E-state index contributed by atoms with van der Waals surface area (Å²) in [7, 11) is 0. The summed E-state index contributed by atoms with van der Waals surface area (Å²) >= 11 is 5.98. The molecule has 0 unspecified atom stereocenters. The Kier molecular flexibility index (Phi) is 6.50. The van der Waals surface area contributed by atoms with Crippen LogP contribution in [0.25, 0.3) is 0 Å². The topological polar surface area (TPSA) is 59.0 Å². The average molecular weight is 376 g/mol. The lowest BCUT2D eigenvalue weighted by molar-refractivity contribution is -0.137. The molecule has 3 rings (SSSR count). The van der Waals surface area contributed by atoms with Crippen molar-refractivity contribution in [2.24, 2.45) is 0 Å². The van der Waals surface area contributed by atoms with Crippen LogP contribution in [-0.2, 0) is 16.1 Å². The summed E-state index contributed by atoms with van der Waals surface area (Å²) < 4.78 is 11.6. The number of carbonyl (C=O) groups is 1. The first-order valence-electron chi connectivity index (χ1n) is 8.63. The molecule has 1 atom stereocenters. The Labute approximate surface area is 158 Å². The van der Waals surface area contributed by atoms with Gasteiger partial charge in [-0.05, 0) is 35.4 Å². The normalized spacial score (nSPS) is 17.8. The molecule has 1 saturated heterocycles. The number of carboxylic acid groups (broad SMARTS) is 1. The van der Waals surface area contributed by atoms with Gasteiger partial charge >= 0.3 is 5.97 Å². The third kappa shape index (κ3) is 5.46. The van der Waals surface area contributed by atoms with Gasteiger partial charge in [-0.3, -0.25) is 9.69 Å². The number of benzene rings is 2. The summed E-state index contributed by atoms with van der Waals surface area (Å²) in [6.07, 6.45) is 0.114. The summed E-state index contributed by atoms with van der Waals surface area (Å²) in [6, 6.07) is 15.5. The number of aliphatic carboxylic acids is 1. The fourth-order valence-corrected chi connectivity index (χ4v) is 3.15. The van der Waals surface area contributed by atoms with Crippen LogP contribution < -0.4 is 4.74 Å². The number of hydrogen-bond acceptors (Lipinski definition) is 4. The van der Waals surface area contributed by atoms with Crippen molar-refractivity contribution in [1.29, 1.82) is 0 Å². The lowest BCUT2D eigenvalue weighted by Gasteiger charge is -2.32. The molecule has 0 aliphatic carbocycles. The van der Waals surface area contributed by atoms with E-state index < -0.39 is 5.97 Å². The SMILES string of the molecule is O=C(O)CCN1CCO[C@@H](c2ccc(OCc3cccc(Cl)c3)cc2)C1. The van der Waals surface area contributed by atoms with Crippen molar-refractivity contribution in [3.63, 3.8) is 0 Å². The predicted molar refractivity (Wildman–Crippen MR) is 99.6 cm³/mol. The van der Waals surface area contributed by atoms with E-state index in [-0.39, 0.29) is 12.5 Å². The molecule has 1 fully saturated rings. The summed E-state index contributed by atoms with van der Waals surface area (Å²) in [6.45, 7) is 3.09. The quantitative estimate of drug-likeness (QED) is 0.798. The lowest BCUT2D eigenvalue weighted by Crippen LogP contribution is -2.39. The van der Waals surface area contributed by atoms with Gasteiger partial charge in [0.25, 0.3) is 0 Å². The third-order valence-corrected chi connectivity index (χ3v) is 4.57. The van der Waals surface area contributed by atoms with Gasteiger partial charge in [-0.25, -0.2) is 0 Å². The van der Waals surface area contributed by atoms with E-state index in [1.807, 2.05) is 48.5 Å². The van der Waals surface area contributed by atoms with Crippen molar-refractivity contribution in [3.8, 4) is 5.75 Å². The highest BCUT2D eigenvalue weighted by Gasteiger charge is 2.22. The largest absolute Gasteiger partial charge is 0.489 e.